The summed E-state index contributed by atoms with van der Waals surface area (Å²) in [5.74, 6) is 0.658. The van der Waals surface area contributed by atoms with Crippen molar-refractivity contribution in [2.24, 2.45) is 11.3 Å². The zero-order chi connectivity index (χ0) is 14.9. The summed E-state index contributed by atoms with van der Waals surface area (Å²) in [6.07, 6.45) is 4.62. The van der Waals surface area contributed by atoms with Gasteiger partial charge in [-0.25, -0.2) is 0 Å². The minimum Gasteiger partial charge on any atom is -0.381 e. The maximum absolute atomic E-state index is 12.4. The fraction of sp³-hybridized carbons (Fsp3) is 0.875. The van der Waals surface area contributed by atoms with Gasteiger partial charge in [-0.05, 0) is 38.0 Å². The summed E-state index contributed by atoms with van der Waals surface area (Å²) in [5.41, 5.74) is 0.257. The highest BCUT2D eigenvalue weighted by molar-refractivity contribution is 5.79. The van der Waals surface area contributed by atoms with Gasteiger partial charge in [0.1, 0.15) is 0 Å². The number of carbonyl (C=O) groups excluding carboxylic acids is 2. The first-order valence-corrected chi connectivity index (χ1v) is 8.28. The van der Waals surface area contributed by atoms with Crippen molar-refractivity contribution in [2.45, 2.75) is 39.0 Å². The number of piperidine rings is 2. The van der Waals surface area contributed by atoms with Crippen LogP contribution >= 0.6 is 0 Å². The molecule has 3 fully saturated rings. The lowest BCUT2D eigenvalue weighted by atomic mass is 9.72. The van der Waals surface area contributed by atoms with Crippen molar-refractivity contribution >= 4 is 11.8 Å². The maximum atomic E-state index is 12.4. The van der Waals surface area contributed by atoms with E-state index in [1.54, 1.807) is 0 Å². The molecule has 0 N–H and O–H groups in total. The number of likely N-dealkylation sites (tertiary alicyclic amines) is 2. The van der Waals surface area contributed by atoms with Crippen molar-refractivity contribution in [3.63, 3.8) is 0 Å². The molecule has 5 heteroatoms. The Bertz CT molecular complexity index is 410. The maximum Gasteiger partial charge on any atom is 0.228 e. The van der Waals surface area contributed by atoms with Crippen LogP contribution in [0, 0.1) is 11.3 Å². The molecule has 3 saturated heterocycles. The Hall–Kier alpha value is -1.10. The molecule has 118 valence electrons. The number of carbonyl (C=O) groups is 2. The molecular formula is C16H26N2O3. The van der Waals surface area contributed by atoms with Crippen LogP contribution in [-0.2, 0) is 14.3 Å². The highest BCUT2D eigenvalue weighted by Gasteiger charge is 2.42. The molecule has 0 unspecified atom stereocenters. The Morgan fingerprint density at radius 3 is 2.71 bits per heavy atom. The van der Waals surface area contributed by atoms with Crippen molar-refractivity contribution < 1.29 is 14.3 Å². The molecule has 3 aliphatic rings. The molecule has 0 aromatic carbocycles. The van der Waals surface area contributed by atoms with Gasteiger partial charge in [-0.3, -0.25) is 9.59 Å². The molecule has 0 bridgehead atoms. The highest BCUT2D eigenvalue weighted by atomic mass is 16.5. The lowest BCUT2D eigenvalue weighted by Gasteiger charge is -2.47. The predicted octanol–water partition coefficient (Wildman–Crippen LogP) is 1.27. The van der Waals surface area contributed by atoms with Crippen LogP contribution in [0.5, 0.6) is 0 Å². The van der Waals surface area contributed by atoms with Crippen LogP contribution in [0.3, 0.4) is 0 Å². The number of hydrogen-bond donors (Lipinski definition) is 0. The summed E-state index contributed by atoms with van der Waals surface area (Å²) in [4.78, 5) is 28.3. The summed E-state index contributed by atoms with van der Waals surface area (Å²) in [5, 5.41) is 0. The van der Waals surface area contributed by atoms with Gasteiger partial charge in [-0.2, -0.15) is 0 Å². The topological polar surface area (TPSA) is 49.9 Å². The Kier molecular flexibility index (Phi) is 4.20. The monoisotopic (exact) mass is 294 g/mol. The first-order chi connectivity index (χ1) is 10.1. The Balaban J connectivity index is 1.57. The average molecular weight is 294 g/mol. The SMILES string of the molecule is CCN1CC2(CCC1=O)CCN(C(=O)[C@H]1CCOC1)CC2. The van der Waals surface area contributed by atoms with Crippen LogP contribution in [0.4, 0.5) is 0 Å². The van der Waals surface area contributed by atoms with Crippen LogP contribution in [0.15, 0.2) is 0 Å². The first-order valence-electron chi connectivity index (χ1n) is 8.28. The molecule has 5 nitrogen and oxygen atoms in total. The summed E-state index contributed by atoms with van der Waals surface area (Å²) >= 11 is 0. The molecular weight excluding hydrogens is 268 g/mol. The minimum atomic E-state index is 0.0825. The van der Waals surface area contributed by atoms with E-state index in [0.717, 1.165) is 58.5 Å². The Labute approximate surface area is 126 Å². The molecule has 2 amide bonds. The Morgan fingerprint density at radius 1 is 1.33 bits per heavy atom. The van der Waals surface area contributed by atoms with Crippen LogP contribution in [-0.4, -0.2) is 61.0 Å². The largest absolute Gasteiger partial charge is 0.381 e. The van der Waals surface area contributed by atoms with Crippen LogP contribution in [0.1, 0.15) is 39.0 Å². The van der Waals surface area contributed by atoms with E-state index in [2.05, 4.69) is 6.92 Å². The summed E-state index contributed by atoms with van der Waals surface area (Å²) in [6, 6.07) is 0. The first kappa shape index (κ1) is 14.8. The zero-order valence-corrected chi connectivity index (χ0v) is 13.0. The second-order valence-electron chi connectivity index (χ2n) is 6.79. The fourth-order valence-corrected chi connectivity index (χ4v) is 3.99. The molecule has 1 atom stereocenters. The van der Waals surface area contributed by atoms with Gasteiger partial charge < -0.3 is 14.5 Å². The molecule has 0 aromatic heterocycles. The normalized spacial score (nSPS) is 29.2. The van der Waals surface area contributed by atoms with E-state index in [9.17, 15) is 9.59 Å². The smallest absolute Gasteiger partial charge is 0.228 e. The zero-order valence-electron chi connectivity index (χ0n) is 13.0. The van der Waals surface area contributed by atoms with Gasteiger partial charge in [0.15, 0.2) is 0 Å². The van der Waals surface area contributed by atoms with E-state index in [4.69, 9.17) is 4.74 Å². The third-order valence-electron chi connectivity index (χ3n) is 5.54. The Morgan fingerprint density at radius 2 is 2.10 bits per heavy atom. The predicted molar refractivity (Wildman–Crippen MR) is 78.7 cm³/mol. The lowest BCUT2D eigenvalue weighted by Crippen LogP contribution is -2.53. The van der Waals surface area contributed by atoms with Gasteiger partial charge in [0.05, 0.1) is 12.5 Å². The number of hydrogen-bond acceptors (Lipinski definition) is 3. The average Bonchev–Trinajstić information content (AvgIpc) is 3.04. The number of rotatable bonds is 2. The van der Waals surface area contributed by atoms with E-state index in [1.165, 1.54) is 0 Å². The molecule has 21 heavy (non-hydrogen) atoms. The van der Waals surface area contributed by atoms with E-state index in [1.807, 2.05) is 9.80 Å². The molecule has 0 saturated carbocycles. The van der Waals surface area contributed by atoms with Gasteiger partial charge in [0.25, 0.3) is 0 Å². The van der Waals surface area contributed by atoms with E-state index < -0.39 is 0 Å². The van der Waals surface area contributed by atoms with Crippen molar-refractivity contribution in [2.75, 3.05) is 39.4 Å². The fourth-order valence-electron chi connectivity index (χ4n) is 3.99. The van der Waals surface area contributed by atoms with E-state index in [0.29, 0.717) is 18.9 Å². The third-order valence-corrected chi connectivity index (χ3v) is 5.54. The van der Waals surface area contributed by atoms with Crippen LogP contribution in [0.25, 0.3) is 0 Å². The summed E-state index contributed by atoms with van der Waals surface area (Å²) < 4.78 is 5.33. The number of nitrogens with zero attached hydrogens (tertiary/aromatic N) is 2. The van der Waals surface area contributed by atoms with Crippen molar-refractivity contribution in [1.29, 1.82) is 0 Å². The molecule has 1 spiro atoms. The number of ether oxygens (including phenoxy) is 1. The lowest BCUT2D eigenvalue weighted by molar-refractivity contribution is -0.144. The van der Waals surface area contributed by atoms with Gasteiger partial charge in [0.2, 0.25) is 11.8 Å². The minimum absolute atomic E-state index is 0.0825. The molecule has 0 radical (unpaired) electrons. The molecule has 3 rings (SSSR count). The quantitative estimate of drug-likeness (QED) is 0.771. The van der Waals surface area contributed by atoms with Crippen molar-refractivity contribution in [3.8, 4) is 0 Å². The second kappa shape index (κ2) is 5.95. The van der Waals surface area contributed by atoms with Crippen LogP contribution in [0.2, 0.25) is 0 Å². The molecule has 0 aromatic rings. The van der Waals surface area contributed by atoms with Gasteiger partial charge in [-0.15, -0.1) is 0 Å². The van der Waals surface area contributed by atoms with Crippen LogP contribution < -0.4 is 0 Å². The highest BCUT2D eigenvalue weighted by Crippen LogP contribution is 2.40. The molecule has 0 aliphatic carbocycles. The van der Waals surface area contributed by atoms with Gasteiger partial charge >= 0.3 is 0 Å². The van der Waals surface area contributed by atoms with Gasteiger partial charge in [-0.1, -0.05) is 0 Å². The summed E-state index contributed by atoms with van der Waals surface area (Å²) in [7, 11) is 0. The van der Waals surface area contributed by atoms with E-state index >= 15 is 0 Å². The number of amides is 2. The molecule has 3 heterocycles. The third kappa shape index (κ3) is 2.93. The van der Waals surface area contributed by atoms with Gasteiger partial charge in [0, 0.05) is 39.2 Å². The molecule has 3 aliphatic heterocycles. The summed E-state index contributed by atoms with van der Waals surface area (Å²) in [6.45, 7) is 6.76. The van der Waals surface area contributed by atoms with E-state index in [-0.39, 0.29) is 17.2 Å². The van der Waals surface area contributed by atoms with Crippen molar-refractivity contribution in [1.82, 2.24) is 9.80 Å². The second-order valence-corrected chi connectivity index (χ2v) is 6.79. The standard InChI is InChI=1S/C16H26N2O3/c1-2-17-12-16(5-3-14(17)19)6-8-18(9-7-16)15(20)13-4-10-21-11-13/h13H,2-12H2,1H3/t13-/m0/s1. The van der Waals surface area contributed by atoms with Crippen molar-refractivity contribution in [3.05, 3.63) is 0 Å².